The zero-order valence-corrected chi connectivity index (χ0v) is 7.02. The monoisotopic (exact) mass is 168 g/mol. The van der Waals surface area contributed by atoms with Gasteiger partial charge >= 0.3 is 0 Å². The average molecular weight is 168 g/mol. The first-order chi connectivity index (χ1) is 5.77. The molecule has 0 spiro atoms. The Labute approximate surface area is 69.9 Å². The maximum absolute atomic E-state index is 10.9. The van der Waals surface area contributed by atoms with Crippen LogP contribution in [0.3, 0.4) is 0 Å². The fourth-order valence-electron chi connectivity index (χ4n) is 1.52. The lowest BCUT2D eigenvalue weighted by atomic mass is 9.80. The van der Waals surface area contributed by atoms with Gasteiger partial charge in [0, 0.05) is 11.8 Å². The minimum atomic E-state index is -0.0651. The lowest BCUT2D eigenvalue weighted by Crippen LogP contribution is -2.46. The fraction of sp³-hybridized carbons (Fsp3) is 0.625. The molecule has 0 aromatic carbocycles. The number of hydrogen-bond acceptors (Lipinski definition) is 2. The second kappa shape index (κ2) is 2.48. The van der Waals surface area contributed by atoms with Crippen molar-refractivity contribution in [2.75, 3.05) is 13.2 Å². The zero-order valence-electron chi connectivity index (χ0n) is 7.02. The lowest BCUT2D eigenvalue weighted by Gasteiger charge is -2.39. The molecule has 66 valence electrons. The van der Waals surface area contributed by atoms with Crippen LogP contribution in [0, 0.1) is 0 Å². The topological polar surface area (TPSA) is 57.9 Å². The molecule has 2 rings (SSSR count). The van der Waals surface area contributed by atoms with Crippen molar-refractivity contribution in [1.29, 1.82) is 0 Å². The largest absolute Gasteiger partial charge is 0.379 e. The summed E-state index contributed by atoms with van der Waals surface area (Å²) in [6.07, 6.45) is 1.00. The van der Waals surface area contributed by atoms with E-state index in [9.17, 15) is 4.79 Å². The predicted molar refractivity (Wildman–Crippen MR) is 44.2 cm³/mol. The highest BCUT2D eigenvalue weighted by atomic mass is 16.5. The molecule has 2 heterocycles. The zero-order chi connectivity index (χ0) is 8.60. The van der Waals surface area contributed by atoms with E-state index in [1.54, 1.807) is 6.07 Å². The Morgan fingerprint density at radius 1 is 1.58 bits per heavy atom. The smallest absolute Gasteiger partial charge is 0.264 e. The summed E-state index contributed by atoms with van der Waals surface area (Å²) in [5.74, 6) is 0. The highest BCUT2D eigenvalue weighted by Crippen LogP contribution is 2.33. The number of hydrogen-bond donors (Lipinski definition) is 2. The van der Waals surface area contributed by atoms with E-state index in [4.69, 9.17) is 4.74 Å². The summed E-state index contributed by atoms with van der Waals surface area (Å²) in [4.78, 5) is 10.9. The lowest BCUT2D eigenvalue weighted by molar-refractivity contribution is -0.0641. The van der Waals surface area contributed by atoms with Crippen LogP contribution in [-0.2, 0) is 10.2 Å². The van der Waals surface area contributed by atoms with Crippen molar-refractivity contribution in [2.45, 2.75) is 18.8 Å². The van der Waals surface area contributed by atoms with Gasteiger partial charge in [-0.15, -0.1) is 0 Å². The minimum Gasteiger partial charge on any atom is -0.379 e. The first-order valence-electron chi connectivity index (χ1n) is 4.13. The maximum Gasteiger partial charge on any atom is 0.264 e. The standard InChI is InChI=1S/C8H12N2O2/c1-2-8(4-12-5-8)6-3-7(11)10-9-6/h3H,2,4-5H2,1H3,(H2,9,10,11). The van der Waals surface area contributed by atoms with E-state index in [1.807, 2.05) is 0 Å². The van der Waals surface area contributed by atoms with Gasteiger partial charge in [-0.1, -0.05) is 6.92 Å². The highest BCUT2D eigenvalue weighted by molar-refractivity contribution is 5.18. The Bertz CT molecular complexity index is 316. The number of aromatic nitrogens is 2. The highest BCUT2D eigenvalue weighted by Gasteiger charge is 2.39. The Kier molecular flexibility index (Phi) is 1.58. The number of ether oxygens (including phenoxy) is 1. The number of H-pyrrole nitrogens is 2. The molecule has 0 radical (unpaired) electrons. The molecule has 0 unspecified atom stereocenters. The SMILES string of the molecule is CCC1(c2cc(=O)[nH][nH]2)COC1. The van der Waals surface area contributed by atoms with Gasteiger partial charge < -0.3 is 9.84 Å². The van der Waals surface area contributed by atoms with Gasteiger partial charge in [0.2, 0.25) is 0 Å². The van der Waals surface area contributed by atoms with Gasteiger partial charge in [-0.3, -0.25) is 9.89 Å². The molecule has 0 aliphatic carbocycles. The molecule has 4 nitrogen and oxygen atoms in total. The van der Waals surface area contributed by atoms with Crippen molar-refractivity contribution >= 4 is 0 Å². The van der Waals surface area contributed by atoms with Crippen LogP contribution >= 0.6 is 0 Å². The molecule has 4 heteroatoms. The summed E-state index contributed by atoms with van der Waals surface area (Å²) >= 11 is 0. The van der Waals surface area contributed by atoms with Gasteiger partial charge in [-0.25, -0.2) is 0 Å². The summed E-state index contributed by atoms with van der Waals surface area (Å²) < 4.78 is 5.16. The van der Waals surface area contributed by atoms with Crippen LogP contribution in [-0.4, -0.2) is 23.4 Å². The van der Waals surface area contributed by atoms with Crippen LogP contribution in [0.1, 0.15) is 19.0 Å². The van der Waals surface area contributed by atoms with Gasteiger partial charge in [-0.2, -0.15) is 0 Å². The molecule has 0 bridgehead atoms. The summed E-state index contributed by atoms with van der Waals surface area (Å²) in [5, 5.41) is 5.42. The van der Waals surface area contributed by atoms with Crippen LogP contribution in [0.4, 0.5) is 0 Å². The van der Waals surface area contributed by atoms with E-state index in [2.05, 4.69) is 17.1 Å². The Hall–Kier alpha value is -1.03. The molecule has 0 saturated carbocycles. The molecule has 0 atom stereocenters. The van der Waals surface area contributed by atoms with E-state index in [0.29, 0.717) is 0 Å². The average Bonchev–Trinajstić information content (AvgIpc) is 2.35. The van der Waals surface area contributed by atoms with Crippen molar-refractivity contribution in [3.8, 4) is 0 Å². The van der Waals surface area contributed by atoms with Gasteiger partial charge in [0.25, 0.3) is 5.56 Å². The summed E-state index contributed by atoms with van der Waals surface area (Å²) in [6.45, 7) is 3.54. The van der Waals surface area contributed by atoms with Crippen molar-refractivity contribution in [3.05, 3.63) is 22.1 Å². The molecule has 12 heavy (non-hydrogen) atoms. The summed E-state index contributed by atoms with van der Waals surface area (Å²) in [6, 6.07) is 1.62. The Morgan fingerprint density at radius 3 is 2.67 bits per heavy atom. The fourth-order valence-corrected chi connectivity index (χ4v) is 1.52. The van der Waals surface area contributed by atoms with Crippen molar-refractivity contribution in [1.82, 2.24) is 10.2 Å². The van der Waals surface area contributed by atoms with Crippen molar-refractivity contribution in [2.24, 2.45) is 0 Å². The van der Waals surface area contributed by atoms with Crippen LogP contribution < -0.4 is 5.56 Å². The first-order valence-corrected chi connectivity index (χ1v) is 4.13. The van der Waals surface area contributed by atoms with Crippen molar-refractivity contribution < 1.29 is 4.74 Å². The van der Waals surface area contributed by atoms with Crippen LogP contribution in [0.5, 0.6) is 0 Å². The molecule has 1 aromatic heterocycles. The van der Waals surface area contributed by atoms with Crippen molar-refractivity contribution in [3.63, 3.8) is 0 Å². The van der Waals surface area contributed by atoms with E-state index in [1.165, 1.54) is 0 Å². The first kappa shape index (κ1) is 7.61. The van der Waals surface area contributed by atoms with E-state index in [-0.39, 0.29) is 11.0 Å². The molecule has 2 N–H and O–H groups in total. The molecular formula is C8H12N2O2. The Balaban J connectivity index is 2.33. The van der Waals surface area contributed by atoms with Crippen LogP contribution in [0.25, 0.3) is 0 Å². The molecule has 1 saturated heterocycles. The normalized spacial score (nSPS) is 20.4. The molecule has 1 aromatic rings. The van der Waals surface area contributed by atoms with E-state index in [0.717, 1.165) is 25.3 Å². The maximum atomic E-state index is 10.9. The molecular weight excluding hydrogens is 156 g/mol. The van der Waals surface area contributed by atoms with Gasteiger partial charge in [0.05, 0.1) is 18.6 Å². The third-order valence-electron chi connectivity index (χ3n) is 2.60. The number of nitrogens with one attached hydrogen (secondary N) is 2. The van der Waals surface area contributed by atoms with E-state index < -0.39 is 0 Å². The molecule has 1 fully saturated rings. The summed E-state index contributed by atoms with van der Waals surface area (Å²) in [5.41, 5.74) is 0.977. The van der Waals surface area contributed by atoms with Gasteiger partial charge in [0.1, 0.15) is 0 Å². The quantitative estimate of drug-likeness (QED) is 0.670. The second-order valence-corrected chi connectivity index (χ2v) is 3.30. The van der Waals surface area contributed by atoms with E-state index >= 15 is 0 Å². The van der Waals surface area contributed by atoms with Gasteiger partial charge in [0.15, 0.2) is 0 Å². The molecule has 0 amide bonds. The predicted octanol–water partition coefficient (Wildman–Crippen LogP) is 0.381. The third kappa shape index (κ3) is 0.914. The number of aromatic amines is 2. The van der Waals surface area contributed by atoms with Crippen LogP contribution in [0.2, 0.25) is 0 Å². The second-order valence-electron chi connectivity index (χ2n) is 3.30. The number of rotatable bonds is 2. The van der Waals surface area contributed by atoms with Crippen LogP contribution in [0.15, 0.2) is 10.9 Å². The summed E-state index contributed by atoms with van der Waals surface area (Å²) in [7, 11) is 0. The molecule has 1 aliphatic heterocycles. The minimum absolute atomic E-state index is 0.0651. The van der Waals surface area contributed by atoms with Gasteiger partial charge in [-0.05, 0) is 6.42 Å². The third-order valence-corrected chi connectivity index (χ3v) is 2.60. The molecule has 1 aliphatic rings. The Morgan fingerprint density at radius 2 is 2.33 bits per heavy atom.